The molecule has 5 rings (SSSR count). The molecule has 1 amide bonds. The number of piperidine rings is 1. The molecular formula is C22H22N4O. The second-order valence-corrected chi connectivity index (χ2v) is 7.45. The number of hydrogen-bond acceptors (Lipinski definition) is 2. The normalized spacial score (nSPS) is 17.7. The Morgan fingerprint density at radius 2 is 1.96 bits per heavy atom. The van der Waals surface area contributed by atoms with Crippen molar-refractivity contribution in [1.29, 1.82) is 0 Å². The molecule has 1 fully saturated rings. The number of imidazole rings is 1. The number of likely N-dealkylation sites (tertiary alicyclic amines) is 1. The van der Waals surface area contributed by atoms with E-state index in [1.807, 2.05) is 41.3 Å². The molecule has 5 nitrogen and oxygen atoms in total. The number of hydrogen-bond donors (Lipinski definition) is 2. The maximum absolute atomic E-state index is 13.0. The first-order valence-electron chi connectivity index (χ1n) is 9.51. The van der Waals surface area contributed by atoms with Gasteiger partial charge in [-0.3, -0.25) is 4.79 Å². The highest BCUT2D eigenvalue weighted by Crippen LogP contribution is 2.28. The summed E-state index contributed by atoms with van der Waals surface area (Å²) in [6, 6.07) is 16.1. The van der Waals surface area contributed by atoms with E-state index < -0.39 is 0 Å². The Morgan fingerprint density at radius 3 is 2.81 bits per heavy atom. The second-order valence-electron chi connectivity index (χ2n) is 7.45. The van der Waals surface area contributed by atoms with E-state index in [4.69, 9.17) is 4.98 Å². The van der Waals surface area contributed by atoms with Crippen molar-refractivity contribution in [2.45, 2.75) is 25.7 Å². The monoisotopic (exact) mass is 358 g/mol. The molecule has 0 unspecified atom stereocenters. The third kappa shape index (κ3) is 2.79. The fourth-order valence-electron chi connectivity index (χ4n) is 4.13. The summed E-state index contributed by atoms with van der Waals surface area (Å²) < 4.78 is 0. The van der Waals surface area contributed by atoms with Crippen LogP contribution in [0.15, 0.2) is 48.5 Å². The Hall–Kier alpha value is -3.08. The average molecular weight is 358 g/mol. The zero-order chi connectivity index (χ0) is 18.4. The van der Waals surface area contributed by atoms with Gasteiger partial charge in [0.05, 0.1) is 11.0 Å². The van der Waals surface area contributed by atoms with Crippen LogP contribution >= 0.6 is 0 Å². The number of aryl methyl sites for hydroxylation is 1. The van der Waals surface area contributed by atoms with Crippen LogP contribution in [0, 0.1) is 6.92 Å². The number of H-pyrrole nitrogens is 2. The van der Waals surface area contributed by atoms with E-state index >= 15 is 0 Å². The van der Waals surface area contributed by atoms with Gasteiger partial charge in [-0.2, -0.15) is 0 Å². The molecule has 0 bridgehead atoms. The maximum Gasteiger partial charge on any atom is 0.270 e. The van der Waals surface area contributed by atoms with Gasteiger partial charge in [-0.15, -0.1) is 0 Å². The number of nitrogens with one attached hydrogen (secondary N) is 2. The minimum atomic E-state index is 0.0724. The molecule has 136 valence electrons. The Bertz CT molecular complexity index is 1110. The Balaban J connectivity index is 1.41. The lowest BCUT2D eigenvalue weighted by atomic mass is 9.97. The van der Waals surface area contributed by atoms with E-state index in [1.54, 1.807) is 0 Å². The third-order valence-corrected chi connectivity index (χ3v) is 5.59. The van der Waals surface area contributed by atoms with Gasteiger partial charge in [0, 0.05) is 29.9 Å². The first-order valence-corrected chi connectivity index (χ1v) is 9.51. The zero-order valence-electron chi connectivity index (χ0n) is 15.3. The standard InChI is InChI=1S/C22H22N4O/c1-14-6-4-10-18-20(14)25-21(24-18)16-8-5-11-26(13-16)22(27)19-12-15-7-2-3-9-17(15)23-19/h2-4,6-7,9-10,12,16,23H,5,8,11,13H2,1H3,(H,24,25)/t16-/m0/s1. The third-order valence-electron chi connectivity index (χ3n) is 5.59. The number of amides is 1. The minimum Gasteiger partial charge on any atom is -0.351 e. The summed E-state index contributed by atoms with van der Waals surface area (Å²) in [6.45, 7) is 3.58. The molecule has 0 spiro atoms. The largest absolute Gasteiger partial charge is 0.351 e. The molecule has 1 aliphatic heterocycles. The van der Waals surface area contributed by atoms with E-state index in [0.29, 0.717) is 12.2 Å². The first kappa shape index (κ1) is 16.1. The molecule has 3 heterocycles. The van der Waals surface area contributed by atoms with Crippen LogP contribution in [0.5, 0.6) is 0 Å². The SMILES string of the molecule is Cc1cccc2[nH]c([C@H]3CCCN(C(=O)c4cc5ccccc5[nH]4)C3)nc12. The molecule has 0 radical (unpaired) electrons. The van der Waals surface area contributed by atoms with E-state index in [0.717, 1.165) is 47.1 Å². The van der Waals surface area contributed by atoms with Crippen molar-refractivity contribution >= 4 is 27.8 Å². The van der Waals surface area contributed by atoms with Crippen molar-refractivity contribution < 1.29 is 4.79 Å². The fourth-order valence-corrected chi connectivity index (χ4v) is 4.13. The van der Waals surface area contributed by atoms with Gasteiger partial charge in [0.1, 0.15) is 11.5 Å². The van der Waals surface area contributed by atoms with Crippen molar-refractivity contribution in [3.05, 3.63) is 65.6 Å². The second kappa shape index (κ2) is 6.27. The minimum absolute atomic E-state index is 0.0724. The van der Waals surface area contributed by atoms with Crippen LogP contribution in [0.25, 0.3) is 21.9 Å². The molecule has 0 aliphatic carbocycles. The van der Waals surface area contributed by atoms with E-state index in [2.05, 4.69) is 29.0 Å². The van der Waals surface area contributed by atoms with Crippen LogP contribution in [0.2, 0.25) is 0 Å². The fraction of sp³-hybridized carbons (Fsp3) is 0.273. The van der Waals surface area contributed by atoms with Crippen molar-refractivity contribution in [1.82, 2.24) is 19.9 Å². The molecule has 2 N–H and O–H groups in total. The van der Waals surface area contributed by atoms with Gasteiger partial charge in [-0.05, 0) is 43.5 Å². The predicted molar refractivity (Wildman–Crippen MR) is 107 cm³/mol. The van der Waals surface area contributed by atoms with Crippen LogP contribution in [0.1, 0.15) is 40.6 Å². The highest BCUT2D eigenvalue weighted by molar-refractivity contribution is 5.98. The highest BCUT2D eigenvalue weighted by Gasteiger charge is 2.28. The average Bonchev–Trinajstić information content (AvgIpc) is 3.32. The number of para-hydroxylation sites is 2. The van der Waals surface area contributed by atoms with Gasteiger partial charge in [-0.1, -0.05) is 30.3 Å². The lowest BCUT2D eigenvalue weighted by Gasteiger charge is -2.31. The smallest absolute Gasteiger partial charge is 0.270 e. The van der Waals surface area contributed by atoms with E-state index in [-0.39, 0.29) is 11.8 Å². The molecule has 27 heavy (non-hydrogen) atoms. The van der Waals surface area contributed by atoms with Crippen molar-refractivity contribution in [2.75, 3.05) is 13.1 Å². The number of aromatic nitrogens is 3. The predicted octanol–water partition coefficient (Wildman–Crippen LogP) is 4.37. The summed E-state index contributed by atoms with van der Waals surface area (Å²) in [7, 11) is 0. The number of aromatic amines is 2. The zero-order valence-corrected chi connectivity index (χ0v) is 15.3. The maximum atomic E-state index is 13.0. The van der Waals surface area contributed by atoms with Gasteiger partial charge >= 0.3 is 0 Å². The van der Waals surface area contributed by atoms with Gasteiger partial charge in [0.15, 0.2) is 0 Å². The topological polar surface area (TPSA) is 64.8 Å². The number of carbonyl (C=O) groups excluding carboxylic acids is 1. The number of benzene rings is 2. The van der Waals surface area contributed by atoms with Crippen molar-refractivity contribution in [3.63, 3.8) is 0 Å². The number of rotatable bonds is 2. The summed E-state index contributed by atoms with van der Waals surface area (Å²) in [6.07, 6.45) is 2.04. The molecule has 0 saturated carbocycles. The quantitative estimate of drug-likeness (QED) is 0.559. The van der Waals surface area contributed by atoms with Crippen LogP contribution in [-0.4, -0.2) is 38.8 Å². The molecule has 5 heteroatoms. The van der Waals surface area contributed by atoms with Gasteiger partial charge in [0.25, 0.3) is 5.91 Å². The molecule has 2 aromatic carbocycles. The Morgan fingerprint density at radius 1 is 1.11 bits per heavy atom. The van der Waals surface area contributed by atoms with E-state index in [9.17, 15) is 4.79 Å². The summed E-state index contributed by atoms with van der Waals surface area (Å²) >= 11 is 0. The summed E-state index contributed by atoms with van der Waals surface area (Å²) in [4.78, 5) is 26.6. The Labute approximate surface area is 157 Å². The summed E-state index contributed by atoms with van der Waals surface area (Å²) in [5, 5.41) is 1.07. The molecular weight excluding hydrogens is 336 g/mol. The van der Waals surface area contributed by atoms with E-state index in [1.165, 1.54) is 5.56 Å². The molecule has 4 aromatic rings. The Kier molecular flexibility index (Phi) is 3.74. The van der Waals surface area contributed by atoms with Crippen molar-refractivity contribution in [2.24, 2.45) is 0 Å². The number of fused-ring (bicyclic) bond motifs is 2. The lowest BCUT2D eigenvalue weighted by molar-refractivity contribution is 0.0700. The molecule has 1 aliphatic rings. The van der Waals surface area contributed by atoms with Crippen LogP contribution in [-0.2, 0) is 0 Å². The summed E-state index contributed by atoms with van der Waals surface area (Å²) in [5.74, 6) is 1.32. The number of nitrogens with zero attached hydrogens (tertiary/aromatic N) is 2. The lowest BCUT2D eigenvalue weighted by Crippen LogP contribution is -2.39. The number of carbonyl (C=O) groups is 1. The molecule has 1 atom stereocenters. The van der Waals surface area contributed by atoms with Gasteiger partial charge in [0.2, 0.25) is 0 Å². The molecule has 1 saturated heterocycles. The highest BCUT2D eigenvalue weighted by atomic mass is 16.2. The molecule has 2 aromatic heterocycles. The van der Waals surface area contributed by atoms with Gasteiger partial charge in [-0.25, -0.2) is 4.98 Å². The van der Waals surface area contributed by atoms with Crippen LogP contribution in [0.4, 0.5) is 0 Å². The van der Waals surface area contributed by atoms with Gasteiger partial charge < -0.3 is 14.9 Å². The summed E-state index contributed by atoms with van der Waals surface area (Å²) in [5.41, 5.74) is 4.95. The first-order chi connectivity index (χ1) is 13.2. The van der Waals surface area contributed by atoms with Crippen LogP contribution in [0.3, 0.4) is 0 Å². The van der Waals surface area contributed by atoms with Crippen molar-refractivity contribution in [3.8, 4) is 0 Å². The van der Waals surface area contributed by atoms with Crippen LogP contribution < -0.4 is 0 Å².